The van der Waals surface area contributed by atoms with Crippen molar-refractivity contribution in [1.82, 2.24) is 15.5 Å². The van der Waals surface area contributed by atoms with Crippen molar-refractivity contribution in [3.8, 4) is 0 Å². The lowest BCUT2D eigenvalue weighted by atomic mass is 10.0. The van der Waals surface area contributed by atoms with Crippen molar-refractivity contribution in [2.45, 2.75) is 19.4 Å². The topological polar surface area (TPSA) is 67.4 Å². The molecule has 0 aliphatic carbocycles. The van der Waals surface area contributed by atoms with Crippen LogP contribution in [-0.4, -0.2) is 84.2 Å². The summed E-state index contributed by atoms with van der Waals surface area (Å²) in [4.78, 5) is 6.84. The fraction of sp³-hybridized carbons (Fsp3) is 0.667. The molecule has 1 unspecified atom stereocenters. The maximum absolute atomic E-state index is 5.54. The summed E-state index contributed by atoms with van der Waals surface area (Å²) >= 11 is 0. The van der Waals surface area contributed by atoms with Gasteiger partial charge < -0.3 is 24.8 Å². The number of nitrogens with one attached hydrogen (secondary N) is 2. The van der Waals surface area contributed by atoms with E-state index in [1.807, 2.05) is 0 Å². The Morgan fingerprint density at radius 1 is 1.21 bits per heavy atom. The van der Waals surface area contributed by atoms with Gasteiger partial charge in [-0.25, -0.2) is 0 Å². The summed E-state index contributed by atoms with van der Waals surface area (Å²) in [6.45, 7) is 9.23. The average molecular weight is 520 g/mol. The van der Waals surface area contributed by atoms with Crippen LogP contribution >= 0.6 is 24.0 Å². The van der Waals surface area contributed by atoms with E-state index < -0.39 is 0 Å². The lowest BCUT2D eigenvalue weighted by Gasteiger charge is -2.35. The zero-order valence-corrected chi connectivity index (χ0v) is 20.3. The minimum Gasteiger partial charge on any atom is -0.382 e. The van der Waals surface area contributed by atoms with Gasteiger partial charge in [-0.2, -0.15) is 0 Å². The van der Waals surface area contributed by atoms with Crippen LogP contribution in [0.15, 0.2) is 29.3 Å². The quantitative estimate of drug-likeness (QED) is 0.202. The second kappa shape index (κ2) is 15.8. The molecule has 0 saturated carbocycles. The molecule has 1 saturated heterocycles. The summed E-state index contributed by atoms with van der Waals surface area (Å²) in [7, 11) is 3.49. The van der Waals surface area contributed by atoms with E-state index in [1.165, 1.54) is 11.1 Å². The second-order valence-corrected chi connectivity index (χ2v) is 6.92. The van der Waals surface area contributed by atoms with Gasteiger partial charge in [0.1, 0.15) is 0 Å². The number of morpholine rings is 1. The maximum Gasteiger partial charge on any atom is 0.191 e. The van der Waals surface area contributed by atoms with Crippen LogP contribution in [0.2, 0.25) is 0 Å². The molecule has 29 heavy (non-hydrogen) atoms. The number of ether oxygens (including phenoxy) is 3. The SMILES string of the molecule is CN=C(NCCCOCCOC)NCC(c1cccc(C)c1)N1CCOCC1.I. The number of halogens is 1. The van der Waals surface area contributed by atoms with Gasteiger partial charge in [-0.05, 0) is 18.9 Å². The van der Waals surface area contributed by atoms with Crippen LogP contribution in [-0.2, 0) is 14.2 Å². The molecule has 2 N–H and O–H groups in total. The fourth-order valence-corrected chi connectivity index (χ4v) is 3.26. The Balaban J connectivity index is 0.00000420. The number of hydrogen-bond donors (Lipinski definition) is 2. The molecule has 8 heteroatoms. The number of nitrogens with zero attached hydrogens (tertiary/aromatic N) is 2. The molecule has 1 aromatic carbocycles. The van der Waals surface area contributed by atoms with Crippen LogP contribution in [0.5, 0.6) is 0 Å². The van der Waals surface area contributed by atoms with Crippen LogP contribution < -0.4 is 10.6 Å². The molecule has 1 aliphatic rings. The number of aliphatic imine (C=N–C) groups is 1. The van der Waals surface area contributed by atoms with Crippen molar-refractivity contribution >= 4 is 29.9 Å². The molecule has 0 aromatic heterocycles. The Labute approximate surface area is 192 Å². The number of hydrogen-bond acceptors (Lipinski definition) is 5. The molecule has 0 radical (unpaired) electrons. The third kappa shape index (κ3) is 10.1. The van der Waals surface area contributed by atoms with Crippen molar-refractivity contribution in [3.05, 3.63) is 35.4 Å². The highest BCUT2D eigenvalue weighted by Gasteiger charge is 2.23. The molecular weight excluding hydrogens is 483 g/mol. The number of rotatable bonds is 11. The first-order valence-electron chi connectivity index (χ1n) is 10.1. The van der Waals surface area contributed by atoms with Crippen molar-refractivity contribution < 1.29 is 14.2 Å². The first-order valence-corrected chi connectivity index (χ1v) is 10.1. The van der Waals surface area contributed by atoms with Gasteiger partial charge in [0.2, 0.25) is 0 Å². The van der Waals surface area contributed by atoms with Gasteiger partial charge in [0.15, 0.2) is 5.96 Å². The molecule has 0 spiro atoms. The predicted octanol–water partition coefficient (Wildman–Crippen LogP) is 2.20. The monoisotopic (exact) mass is 520 g/mol. The predicted molar refractivity (Wildman–Crippen MR) is 128 cm³/mol. The van der Waals surface area contributed by atoms with Gasteiger partial charge in [0.05, 0.1) is 32.5 Å². The minimum absolute atomic E-state index is 0. The summed E-state index contributed by atoms with van der Waals surface area (Å²) in [5.41, 5.74) is 2.61. The first-order chi connectivity index (χ1) is 13.7. The molecule has 1 aliphatic heterocycles. The van der Waals surface area contributed by atoms with Crippen molar-refractivity contribution in [2.24, 2.45) is 4.99 Å². The number of guanidine groups is 1. The maximum atomic E-state index is 5.54. The average Bonchev–Trinajstić information content (AvgIpc) is 2.72. The smallest absolute Gasteiger partial charge is 0.191 e. The van der Waals surface area contributed by atoms with Crippen LogP contribution in [0.4, 0.5) is 0 Å². The Morgan fingerprint density at radius 2 is 2.00 bits per heavy atom. The summed E-state index contributed by atoms with van der Waals surface area (Å²) in [6.07, 6.45) is 0.926. The zero-order chi connectivity index (χ0) is 20.0. The van der Waals surface area contributed by atoms with Crippen molar-refractivity contribution in [3.63, 3.8) is 0 Å². The second-order valence-electron chi connectivity index (χ2n) is 6.92. The van der Waals surface area contributed by atoms with Gasteiger partial charge in [-0.15, -0.1) is 24.0 Å². The third-order valence-corrected chi connectivity index (χ3v) is 4.79. The Morgan fingerprint density at radius 3 is 2.69 bits per heavy atom. The molecule has 1 heterocycles. The Bertz CT molecular complexity index is 583. The van der Waals surface area contributed by atoms with E-state index in [4.69, 9.17) is 14.2 Å². The molecule has 1 aromatic rings. The van der Waals surface area contributed by atoms with Gasteiger partial charge in [0.25, 0.3) is 0 Å². The standard InChI is InChI=1S/C21H36N4O3.HI/c1-18-6-4-7-19(16-18)20(25-9-12-28-13-10-25)17-24-21(22-2)23-8-5-11-27-15-14-26-3;/h4,6-7,16,20H,5,8-15,17H2,1-3H3,(H2,22,23,24);1H. The van der Waals surface area contributed by atoms with Crippen LogP contribution in [0.25, 0.3) is 0 Å². The number of aryl methyl sites for hydroxylation is 1. The molecule has 1 fully saturated rings. The fourth-order valence-electron chi connectivity index (χ4n) is 3.26. The van der Waals surface area contributed by atoms with Gasteiger partial charge in [-0.1, -0.05) is 29.8 Å². The van der Waals surface area contributed by atoms with Crippen molar-refractivity contribution in [2.75, 3.05) is 73.4 Å². The van der Waals surface area contributed by atoms with E-state index >= 15 is 0 Å². The molecule has 0 amide bonds. The molecule has 1 atom stereocenters. The van der Waals surface area contributed by atoms with Gasteiger partial charge in [0, 0.05) is 46.9 Å². The molecule has 2 rings (SSSR count). The van der Waals surface area contributed by atoms with E-state index in [1.54, 1.807) is 14.2 Å². The Hall–Kier alpha value is -0.940. The third-order valence-electron chi connectivity index (χ3n) is 4.79. The van der Waals surface area contributed by atoms with E-state index in [-0.39, 0.29) is 24.0 Å². The summed E-state index contributed by atoms with van der Waals surface area (Å²) in [6, 6.07) is 9.05. The number of benzene rings is 1. The van der Waals surface area contributed by atoms with Crippen LogP contribution in [0.1, 0.15) is 23.6 Å². The lowest BCUT2D eigenvalue weighted by Crippen LogP contribution is -2.46. The highest BCUT2D eigenvalue weighted by Crippen LogP contribution is 2.22. The van der Waals surface area contributed by atoms with Crippen molar-refractivity contribution in [1.29, 1.82) is 0 Å². The zero-order valence-electron chi connectivity index (χ0n) is 18.0. The van der Waals surface area contributed by atoms with E-state index in [9.17, 15) is 0 Å². The van der Waals surface area contributed by atoms with Gasteiger partial charge in [-0.3, -0.25) is 9.89 Å². The van der Waals surface area contributed by atoms with E-state index in [0.29, 0.717) is 25.9 Å². The molecule has 166 valence electrons. The summed E-state index contributed by atoms with van der Waals surface area (Å²) in [5, 5.41) is 6.86. The molecule has 7 nitrogen and oxygen atoms in total. The van der Waals surface area contributed by atoms with E-state index in [2.05, 4.69) is 51.7 Å². The molecular formula is C21H37IN4O3. The highest BCUT2D eigenvalue weighted by molar-refractivity contribution is 14.0. The van der Waals surface area contributed by atoms with Crippen LogP contribution in [0, 0.1) is 6.92 Å². The largest absolute Gasteiger partial charge is 0.382 e. The minimum atomic E-state index is 0. The Kier molecular flexibility index (Phi) is 14.3. The molecule has 0 bridgehead atoms. The van der Waals surface area contributed by atoms with Crippen LogP contribution in [0.3, 0.4) is 0 Å². The lowest BCUT2D eigenvalue weighted by molar-refractivity contribution is 0.0170. The number of methoxy groups -OCH3 is 1. The first kappa shape index (κ1) is 26.1. The van der Waals surface area contributed by atoms with Gasteiger partial charge >= 0.3 is 0 Å². The normalized spacial score (nSPS) is 16.2. The summed E-state index contributed by atoms with van der Waals surface area (Å²) < 4.78 is 16.0. The summed E-state index contributed by atoms with van der Waals surface area (Å²) in [5.74, 6) is 0.822. The highest BCUT2D eigenvalue weighted by atomic mass is 127. The van der Waals surface area contributed by atoms with E-state index in [0.717, 1.165) is 51.8 Å².